The number of imidazole rings is 1. The summed E-state index contributed by atoms with van der Waals surface area (Å²) in [5, 5.41) is 0.805. The standard InChI is InChI=1S/C24H23Cl2N5O2/c1-3-15-5-8-17(9-6-15)29-11-4-12-30-20-21(27-23(29)30)28(2)24(33)31(22(20)32)14-16-7-10-18(25)19(26)13-16/h5-10,13H,3-4,11-12,14H2,1-2H3. The minimum absolute atomic E-state index is 0.0983. The Hall–Kier alpha value is -3.03. The Kier molecular flexibility index (Phi) is 5.54. The molecule has 3 heterocycles. The van der Waals surface area contributed by atoms with Crippen molar-refractivity contribution < 1.29 is 0 Å². The van der Waals surface area contributed by atoms with Crippen molar-refractivity contribution in [3.8, 4) is 0 Å². The highest BCUT2D eigenvalue weighted by molar-refractivity contribution is 6.42. The second-order valence-corrected chi connectivity index (χ2v) is 9.06. The molecule has 0 N–H and O–H groups in total. The monoisotopic (exact) mass is 483 g/mol. The molecule has 0 aliphatic carbocycles. The molecule has 1 aliphatic heterocycles. The average molecular weight is 484 g/mol. The molecule has 170 valence electrons. The predicted molar refractivity (Wildman–Crippen MR) is 132 cm³/mol. The van der Waals surface area contributed by atoms with Gasteiger partial charge in [0.15, 0.2) is 11.2 Å². The van der Waals surface area contributed by atoms with Crippen LogP contribution in [-0.4, -0.2) is 25.2 Å². The van der Waals surface area contributed by atoms with E-state index >= 15 is 0 Å². The first kappa shape index (κ1) is 21.8. The van der Waals surface area contributed by atoms with Crippen molar-refractivity contribution in [2.45, 2.75) is 32.9 Å². The smallest absolute Gasteiger partial charge is 0.312 e. The van der Waals surface area contributed by atoms with Gasteiger partial charge in [0.05, 0.1) is 16.6 Å². The Morgan fingerprint density at radius 2 is 1.70 bits per heavy atom. The molecule has 0 bridgehead atoms. The molecule has 9 heteroatoms. The summed E-state index contributed by atoms with van der Waals surface area (Å²) in [6, 6.07) is 13.5. The van der Waals surface area contributed by atoms with Crippen molar-refractivity contribution in [1.82, 2.24) is 18.7 Å². The molecule has 0 saturated heterocycles. The third-order valence-corrected chi connectivity index (χ3v) is 6.94. The first-order chi connectivity index (χ1) is 15.9. The summed E-state index contributed by atoms with van der Waals surface area (Å²) in [5.41, 5.74) is 3.04. The van der Waals surface area contributed by atoms with Crippen LogP contribution in [0.5, 0.6) is 0 Å². The van der Waals surface area contributed by atoms with Gasteiger partial charge in [-0.15, -0.1) is 0 Å². The van der Waals surface area contributed by atoms with Gasteiger partial charge in [0.25, 0.3) is 5.56 Å². The highest BCUT2D eigenvalue weighted by Gasteiger charge is 2.27. The average Bonchev–Trinajstić information content (AvgIpc) is 3.23. The zero-order chi connectivity index (χ0) is 23.3. The predicted octanol–water partition coefficient (Wildman–Crippen LogP) is 4.36. The van der Waals surface area contributed by atoms with Gasteiger partial charge < -0.3 is 9.47 Å². The fraction of sp³-hybridized carbons (Fsp3) is 0.292. The van der Waals surface area contributed by atoms with Crippen LogP contribution in [0.15, 0.2) is 52.1 Å². The van der Waals surface area contributed by atoms with E-state index in [1.807, 2.05) is 4.57 Å². The van der Waals surface area contributed by atoms with Gasteiger partial charge in [-0.25, -0.2) is 4.79 Å². The van der Waals surface area contributed by atoms with E-state index in [0.29, 0.717) is 33.7 Å². The van der Waals surface area contributed by atoms with Crippen molar-refractivity contribution in [2.24, 2.45) is 7.05 Å². The molecule has 0 atom stereocenters. The summed E-state index contributed by atoms with van der Waals surface area (Å²) in [5.74, 6) is 0.680. The molecule has 5 rings (SSSR count). The number of aryl methyl sites for hydroxylation is 3. The van der Waals surface area contributed by atoms with Gasteiger partial charge in [0.2, 0.25) is 5.95 Å². The lowest BCUT2D eigenvalue weighted by molar-refractivity contribution is 0.597. The molecule has 33 heavy (non-hydrogen) atoms. The second-order valence-electron chi connectivity index (χ2n) is 8.24. The molecule has 0 unspecified atom stereocenters. The van der Waals surface area contributed by atoms with Gasteiger partial charge in [0.1, 0.15) is 0 Å². The van der Waals surface area contributed by atoms with Gasteiger partial charge in [-0.3, -0.25) is 13.9 Å². The zero-order valence-electron chi connectivity index (χ0n) is 18.4. The van der Waals surface area contributed by atoms with Crippen LogP contribution in [0.3, 0.4) is 0 Å². The SMILES string of the molecule is CCc1ccc(N2CCCn3c2nc2c3c(=O)n(Cc3ccc(Cl)c(Cl)c3)c(=O)n2C)cc1. The number of nitrogens with zero attached hydrogens (tertiary/aromatic N) is 5. The summed E-state index contributed by atoms with van der Waals surface area (Å²) in [7, 11) is 1.65. The fourth-order valence-corrected chi connectivity index (χ4v) is 4.70. The van der Waals surface area contributed by atoms with Crippen LogP contribution in [-0.2, 0) is 26.6 Å². The van der Waals surface area contributed by atoms with Gasteiger partial charge in [-0.1, -0.05) is 48.3 Å². The molecule has 4 aromatic rings. The number of halogens is 2. The van der Waals surface area contributed by atoms with Crippen molar-refractivity contribution in [3.63, 3.8) is 0 Å². The molecular weight excluding hydrogens is 461 g/mol. The van der Waals surface area contributed by atoms with Crippen LogP contribution in [0.4, 0.5) is 11.6 Å². The van der Waals surface area contributed by atoms with Gasteiger partial charge >= 0.3 is 5.69 Å². The first-order valence-corrected chi connectivity index (χ1v) is 11.6. The topological polar surface area (TPSA) is 65.1 Å². The second kappa shape index (κ2) is 8.39. The van der Waals surface area contributed by atoms with Crippen LogP contribution in [0.1, 0.15) is 24.5 Å². The van der Waals surface area contributed by atoms with Crippen LogP contribution in [0.2, 0.25) is 10.0 Å². The molecule has 0 radical (unpaired) electrons. The van der Waals surface area contributed by atoms with Crippen LogP contribution in [0.25, 0.3) is 11.2 Å². The molecule has 0 fully saturated rings. The van der Waals surface area contributed by atoms with E-state index in [1.54, 1.807) is 25.2 Å². The molecule has 0 spiro atoms. The van der Waals surface area contributed by atoms with Crippen molar-refractivity contribution in [3.05, 3.63) is 84.5 Å². The van der Waals surface area contributed by atoms with E-state index < -0.39 is 5.69 Å². The largest absolute Gasteiger partial charge is 0.332 e. The minimum Gasteiger partial charge on any atom is -0.312 e. The van der Waals surface area contributed by atoms with E-state index in [0.717, 1.165) is 30.6 Å². The lowest BCUT2D eigenvalue weighted by Crippen LogP contribution is -2.40. The summed E-state index contributed by atoms with van der Waals surface area (Å²) in [6.45, 7) is 3.68. The van der Waals surface area contributed by atoms with Crippen molar-refractivity contribution in [1.29, 1.82) is 0 Å². The maximum Gasteiger partial charge on any atom is 0.332 e. The third kappa shape index (κ3) is 3.65. The molecule has 2 aromatic heterocycles. The molecular formula is C24H23Cl2N5O2. The Morgan fingerprint density at radius 3 is 2.39 bits per heavy atom. The van der Waals surface area contributed by atoms with E-state index in [1.165, 1.54) is 14.7 Å². The lowest BCUT2D eigenvalue weighted by atomic mass is 10.1. The quantitative estimate of drug-likeness (QED) is 0.432. The van der Waals surface area contributed by atoms with E-state index in [-0.39, 0.29) is 12.1 Å². The molecule has 0 saturated carbocycles. The maximum absolute atomic E-state index is 13.5. The van der Waals surface area contributed by atoms with Gasteiger partial charge in [0, 0.05) is 25.8 Å². The third-order valence-electron chi connectivity index (χ3n) is 6.20. The number of hydrogen-bond donors (Lipinski definition) is 0. The van der Waals surface area contributed by atoms with E-state index in [2.05, 4.69) is 36.1 Å². The Morgan fingerprint density at radius 1 is 0.970 bits per heavy atom. The Balaban J connectivity index is 1.65. The number of benzene rings is 2. The summed E-state index contributed by atoms with van der Waals surface area (Å²) >= 11 is 12.1. The van der Waals surface area contributed by atoms with Crippen molar-refractivity contribution in [2.75, 3.05) is 11.4 Å². The van der Waals surface area contributed by atoms with E-state index in [4.69, 9.17) is 28.2 Å². The number of rotatable bonds is 4. The van der Waals surface area contributed by atoms with Crippen LogP contribution >= 0.6 is 23.2 Å². The maximum atomic E-state index is 13.5. The molecule has 7 nitrogen and oxygen atoms in total. The lowest BCUT2D eigenvalue weighted by Gasteiger charge is -2.29. The highest BCUT2D eigenvalue weighted by Crippen LogP contribution is 2.31. The Labute approximate surface area is 200 Å². The van der Waals surface area contributed by atoms with Gasteiger partial charge in [-0.05, 0) is 48.2 Å². The summed E-state index contributed by atoms with van der Waals surface area (Å²) in [6.07, 6.45) is 1.84. The van der Waals surface area contributed by atoms with E-state index in [9.17, 15) is 9.59 Å². The molecule has 0 amide bonds. The zero-order valence-corrected chi connectivity index (χ0v) is 19.9. The fourth-order valence-electron chi connectivity index (χ4n) is 4.38. The number of anilines is 2. The normalized spacial score (nSPS) is 13.5. The number of hydrogen-bond acceptors (Lipinski definition) is 4. The van der Waals surface area contributed by atoms with Crippen LogP contribution in [0, 0.1) is 0 Å². The molecule has 2 aromatic carbocycles. The number of fused-ring (bicyclic) bond motifs is 3. The molecule has 1 aliphatic rings. The number of aromatic nitrogens is 4. The van der Waals surface area contributed by atoms with Gasteiger partial charge in [-0.2, -0.15) is 4.98 Å². The summed E-state index contributed by atoms with van der Waals surface area (Å²) < 4.78 is 4.60. The Bertz CT molecular complexity index is 1480. The summed E-state index contributed by atoms with van der Waals surface area (Å²) in [4.78, 5) is 33.5. The van der Waals surface area contributed by atoms with Crippen molar-refractivity contribution >= 4 is 46.0 Å². The minimum atomic E-state index is -0.423. The van der Waals surface area contributed by atoms with Crippen LogP contribution < -0.4 is 16.1 Å². The first-order valence-electron chi connectivity index (χ1n) is 10.9. The highest BCUT2D eigenvalue weighted by atomic mass is 35.5.